The van der Waals surface area contributed by atoms with E-state index < -0.39 is 0 Å². The Kier molecular flexibility index (Phi) is 6.57. The van der Waals surface area contributed by atoms with Crippen LogP contribution in [0, 0.1) is 5.92 Å². The van der Waals surface area contributed by atoms with E-state index in [9.17, 15) is 9.59 Å². The lowest BCUT2D eigenvalue weighted by Gasteiger charge is -2.34. The number of carbonyl (C=O) groups is 2. The molecule has 0 radical (unpaired) electrons. The first-order valence-corrected chi connectivity index (χ1v) is 12.2. The summed E-state index contributed by atoms with van der Waals surface area (Å²) in [7, 11) is 0. The van der Waals surface area contributed by atoms with Gasteiger partial charge in [-0.1, -0.05) is 44.4 Å². The molecule has 1 aromatic heterocycles. The lowest BCUT2D eigenvalue weighted by Crippen LogP contribution is -2.41. The fourth-order valence-electron chi connectivity index (χ4n) is 4.93. The third-order valence-corrected chi connectivity index (χ3v) is 7.78. The van der Waals surface area contributed by atoms with E-state index in [4.69, 9.17) is 0 Å². The minimum Gasteiger partial charge on any atom is -0.336 e. The van der Waals surface area contributed by atoms with Crippen molar-refractivity contribution in [3.8, 4) is 0 Å². The molecule has 160 valence electrons. The van der Waals surface area contributed by atoms with Crippen LogP contribution in [-0.2, 0) is 12.8 Å². The molecule has 0 bridgehead atoms. The van der Waals surface area contributed by atoms with Crippen molar-refractivity contribution in [2.75, 3.05) is 11.9 Å². The average Bonchev–Trinajstić information content (AvgIpc) is 3.12. The van der Waals surface area contributed by atoms with Crippen LogP contribution in [0.4, 0.5) is 5.00 Å². The van der Waals surface area contributed by atoms with Crippen molar-refractivity contribution >= 4 is 28.2 Å². The Bertz CT molecular complexity index is 899. The number of anilines is 1. The Hall–Kier alpha value is -2.14. The first-order chi connectivity index (χ1) is 14.6. The minimum atomic E-state index is -0.142. The third-order valence-electron chi connectivity index (χ3n) is 6.61. The molecular weight excluding hydrogens is 392 g/mol. The third kappa shape index (κ3) is 4.31. The van der Waals surface area contributed by atoms with Gasteiger partial charge in [0.15, 0.2) is 0 Å². The molecule has 4 rings (SSSR count). The summed E-state index contributed by atoms with van der Waals surface area (Å²) in [6.07, 6.45) is 8.88. The standard InChI is InChI=1S/C25H32N2O2S/c1-3-27(19-12-8-5-9-13-19)25(29)22-20-15-14-17(2)16-21(20)30-24(22)26-23(28)18-10-6-4-7-11-18/h4,6-7,10-11,17,19H,3,5,8-9,12-16H2,1-2H3,(H,26,28)/t17-/m1/s1. The summed E-state index contributed by atoms with van der Waals surface area (Å²) in [5, 5.41) is 3.83. The number of amides is 2. The van der Waals surface area contributed by atoms with Crippen LogP contribution in [0.15, 0.2) is 30.3 Å². The van der Waals surface area contributed by atoms with Crippen molar-refractivity contribution in [1.29, 1.82) is 0 Å². The van der Waals surface area contributed by atoms with Crippen molar-refractivity contribution in [1.82, 2.24) is 4.90 Å². The summed E-state index contributed by atoms with van der Waals surface area (Å²) in [6.45, 7) is 5.07. The fourth-order valence-corrected chi connectivity index (χ4v) is 6.33. The first kappa shape index (κ1) is 21.1. The number of thiophene rings is 1. The second-order valence-electron chi connectivity index (χ2n) is 8.76. The van der Waals surface area contributed by atoms with Gasteiger partial charge < -0.3 is 10.2 Å². The quantitative estimate of drug-likeness (QED) is 0.648. The predicted molar refractivity (Wildman–Crippen MR) is 123 cm³/mol. The summed E-state index contributed by atoms with van der Waals surface area (Å²) in [4.78, 5) is 30.0. The summed E-state index contributed by atoms with van der Waals surface area (Å²) in [5.41, 5.74) is 2.56. The summed E-state index contributed by atoms with van der Waals surface area (Å²) in [5.74, 6) is 0.592. The number of hydrogen-bond acceptors (Lipinski definition) is 3. The van der Waals surface area contributed by atoms with Gasteiger partial charge in [-0.3, -0.25) is 9.59 Å². The fraction of sp³-hybridized carbons (Fsp3) is 0.520. The normalized spacial score (nSPS) is 19.2. The monoisotopic (exact) mass is 424 g/mol. The maximum absolute atomic E-state index is 13.8. The highest BCUT2D eigenvalue weighted by Gasteiger charge is 2.33. The van der Waals surface area contributed by atoms with E-state index in [1.807, 2.05) is 30.3 Å². The Morgan fingerprint density at radius 2 is 1.83 bits per heavy atom. The molecular formula is C25H32N2O2S. The van der Waals surface area contributed by atoms with E-state index in [2.05, 4.69) is 24.1 Å². The lowest BCUT2D eigenvalue weighted by molar-refractivity contribution is 0.0648. The van der Waals surface area contributed by atoms with Gasteiger partial charge in [-0.05, 0) is 62.6 Å². The lowest BCUT2D eigenvalue weighted by atomic mass is 9.87. The predicted octanol–water partition coefficient (Wildman–Crippen LogP) is 5.92. The van der Waals surface area contributed by atoms with Crippen molar-refractivity contribution in [3.05, 3.63) is 51.9 Å². The van der Waals surface area contributed by atoms with E-state index in [1.54, 1.807) is 11.3 Å². The summed E-state index contributed by atoms with van der Waals surface area (Å²) in [6, 6.07) is 9.58. The topological polar surface area (TPSA) is 49.4 Å². The number of benzene rings is 1. The molecule has 4 nitrogen and oxygen atoms in total. The Morgan fingerprint density at radius 3 is 2.53 bits per heavy atom. The van der Waals surface area contributed by atoms with Crippen LogP contribution in [-0.4, -0.2) is 29.3 Å². The molecule has 0 aliphatic heterocycles. The van der Waals surface area contributed by atoms with Gasteiger partial charge in [0.25, 0.3) is 11.8 Å². The van der Waals surface area contributed by atoms with Gasteiger partial charge in [0.05, 0.1) is 5.56 Å². The van der Waals surface area contributed by atoms with Crippen molar-refractivity contribution < 1.29 is 9.59 Å². The molecule has 2 aliphatic rings. The van der Waals surface area contributed by atoms with Gasteiger partial charge in [-0.25, -0.2) is 0 Å². The van der Waals surface area contributed by atoms with E-state index in [-0.39, 0.29) is 11.8 Å². The zero-order chi connectivity index (χ0) is 21.1. The largest absolute Gasteiger partial charge is 0.336 e. The molecule has 0 spiro atoms. The van der Waals surface area contributed by atoms with Gasteiger partial charge in [-0.2, -0.15) is 0 Å². The molecule has 1 N–H and O–H groups in total. The highest BCUT2D eigenvalue weighted by molar-refractivity contribution is 7.17. The Morgan fingerprint density at radius 1 is 1.10 bits per heavy atom. The smallest absolute Gasteiger partial charge is 0.257 e. The van der Waals surface area contributed by atoms with Crippen LogP contribution in [0.5, 0.6) is 0 Å². The second kappa shape index (κ2) is 9.34. The molecule has 5 heteroatoms. The molecule has 0 unspecified atom stereocenters. The molecule has 2 aliphatic carbocycles. The number of fused-ring (bicyclic) bond motifs is 1. The summed E-state index contributed by atoms with van der Waals surface area (Å²) >= 11 is 1.61. The molecule has 1 aromatic carbocycles. The van der Waals surface area contributed by atoms with Crippen molar-refractivity contribution in [2.24, 2.45) is 5.92 Å². The number of nitrogens with zero attached hydrogens (tertiary/aromatic N) is 1. The number of hydrogen-bond donors (Lipinski definition) is 1. The molecule has 1 saturated carbocycles. The Labute approximate surface area is 183 Å². The zero-order valence-electron chi connectivity index (χ0n) is 18.1. The molecule has 30 heavy (non-hydrogen) atoms. The van der Waals surface area contributed by atoms with Gasteiger partial charge >= 0.3 is 0 Å². The number of carbonyl (C=O) groups excluding carboxylic acids is 2. The van der Waals surface area contributed by atoms with Gasteiger partial charge in [-0.15, -0.1) is 11.3 Å². The highest BCUT2D eigenvalue weighted by Crippen LogP contribution is 2.41. The van der Waals surface area contributed by atoms with Crippen LogP contribution in [0.3, 0.4) is 0 Å². The Balaban J connectivity index is 1.68. The van der Waals surface area contributed by atoms with Crippen molar-refractivity contribution in [3.63, 3.8) is 0 Å². The van der Waals surface area contributed by atoms with Crippen LogP contribution < -0.4 is 5.32 Å². The van der Waals surface area contributed by atoms with Gasteiger partial charge in [0.2, 0.25) is 0 Å². The molecule has 1 atom stereocenters. The van der Waals surface area contributed by atoms with Gasteiger partial charge in [0.1, 0.15) is 5.00 Å². The SMILES string of the molecule is CCN(C(=O)c1c(NC(=O)c2ccccc2)sc2c1CC[C@@H](C)C2)C1CCCCC1. The molecule has 1 heterocycles. The zero-order valence-corrected chi connectivity index (χ0v) is 18.9. The van der Waals surface area contributed by atoms with E-state index in [1.165, 1.54) is 29.7 Å². The molecule has 0 saturated heterocycles. The van der Waals surface area contributed by atoms with Gasteiger partial charge in [0, 0.05) is 23.0 Å². The minimum absolute atomic E-state index is 0.111. The number of rotatable bonds is 5. The molecule has 1 fully saturated rings. The molecule has 2 aromatic rings. The first-order valence-electron chi connectivity index (χ1n) is 11.4. The van der Waals surface area contributed by atoms with E-state index in [0.717, 1.165) is 49.2 Å². The van der Waals surface area contributed by atoms with Crippen LogP contribution in [0.1, 0.15) is 83.5 Å². The van der Waals surface area contributed by atoms with E-state index in [0.29, 0.717) is 17.5 Å². The van der Waals surface area contributed by atoms with Crippen molar-refractivity contribution in [2.45, 2.75) is 71.3 Å². The maximum atomic E-state index is 13.8. The van der Waals surface area contributed by atoms with Crippen LogP contribution in [0.2, 0.25) is 0 Å². The second-order valence-corrected chi connectivity index (χ2v) is 9.86. The highest BCUT2D eigenvalue weighted by atomic mass is 32.1. The number of nitrogens with one attached hydrogen (secondary N) is 1. The van der Waals surface area contributed by atoms with Crippen LogP contribution in [0.25, 0.3) is 0 Å². The summed E-state index contributed by atoms with van der Waals surface area (Å²) < 4.78 is 0. The maximum Gasteiger partial charge on any atom is 0.257 e. The average molecular weight is 425 g/mol. The molecule has 2 amide bonds. The van der Waals surface area contributed by atoms with Crippen LogP contribution >= 0.6 is 11.3 Å². The van der Waals surface area contributed by atoms with E-state index >= 15 is 0 Å².